The monoisotopic (exact) mass is 282 g/mol. The van der Waals surface area contributed by atoms with E-state index in [1.165, 1.54) is 0 Å². The molecule has 1 amide bonds. The average molecular weight is 283 g/mol. The maximum absolute atomic E-state index is 12.1. The summed E-state index contributed by atoms with van der Waals surface area (Å²) in [5.41, 5.74) is 6.73. The van der Waals surface area contributed by atoms with Crippen LogP contribution < -0.4 is 11.1 Å². The third-order valence-corrected chi connectivity index (χ3v) is 3.93. The quantitative estimate of drug-likeness (QED) is 0.837. The van der Waals surface area contributed by atoms with Crippen LogP contribution in [-0.4, -0.2) is 25.7 Å². The summed E-state index contributed by atoms with van der Waals surface area (Å²) >= 11 is 6.02. The number of anilines is 1. The van der Waals surface area contributed by atoms with Crippen LogP contribution in [0.3, 0.4) is 0 Å². The van der Waals surface area contributed by atoms with Gasteiger partial charge in [-0.2, -0.15) is 0 Å². The molecule has 1 heterocycles. The average Bonchev–Trinajstić information content (AvgIpc) is 2.37. The van der Waals surface area contributed by atoms with Gasteiger partial charge in [0.25, 0.3) is 5.91 Å². The molecule has 1 saturated heterocycles. The summed E-state index contributed by atoms with van der Waals surface area (Å²) in [7, 11) is 0. The lowest BCUT2D eigenvalue weighted by molar-refractivity contribution is 0.0238. The highest BCUT2D eigenvalue weighted by atomic mass is 35.5. The number of amides is 1. The second-order valence-corrected chi connectivity index (χ2v) is 5.75. The minimum Gasteiger partial charge on any atom is -0.399 e. The first-order valence-electron chi connectivity index (χ1n) is 6.41. The van der Waals surface area contributed by atoms with Crippen LogP contribution in [0.1, 0.15) is 30.1 Å². The minimum absolute atomic E-state index is 0.105. The van der Waals surface area contributed by atoms with Gasteiger partial charge in [-0.25, -0.2) is 0 Å². The van der Waals surface area contributed by atoms with Gasteiger partial charge in [-0.1, -0.05) is 18.5 Å². The largest absolute Gasteiger partial charge is 0.399 e. The molecular weight excluding hydrogens is 264 g/mol. The van der Waals surface area contributed by atoms with E-state index < -0.39 is 0 Å². The third kappa shape index (κ3) is 3.61. The van der Waals surface area contributed by atoms with Crippen molar-refractivity contribution < 1.29 is 9.53 Å². The first kappa shape index (κ1) is 14.2. The zero-order chi connectivity index (χ0) is 13.9. The van der Waals surface area contributed by atoms with Gasteiger partial charge in [0.05, 0.1) is 10.6 Å². The highest BCUT2D eigenvalue weighted by Crippen LogP contribution is 2.29. The molecule has 104 valence electrons. The standard InChI is InChI=1S/C14H19ClN2O2/c1-14(4-6-19-7-5-14)9-17-13(18)11-3-2-10(16)8-12(11)15/h2-3,8H,4-7,9,16H2,1H3,(H,17,18). The van der Waals surface area contributed by atoms with Crippen LogP contribution in [0.4, 0.5) is 5.69 Å². The van der Waals surface area contributed by atoms with Gasteiger partial charge in [0, 0.05) is 25.4 Å². The normalized spacial score (nSPS) is 18.0. The molecule has 4 nitrogen and oxygen atoms in total. The Morgan fingerprint density at radius 1 is 1.47 bits per heavy atom. The summed E-state index contributed by atoms with van der Waals surface area (Å²) in [5, 5.41) is 3.33. The molecule has 3 N–H and O–H groups in total. The summed E-state index contributed by atoms with van der Waals surface area (Å²) in [6.07, 6.45) is 1.92. The molecule has 19 heavy (non-hydrogen) atoms. The van der Waals surface area contributed by atoms with Gasteiger partial charge in [-0.3, -0.25) is 4.79 Å². The van der Waals surface area contributed by atoms with Crippen LogP contribution in [-0.2, 0) is 4.74 Å². The lowest BCUT2D eigenvalue weighted by Crippen LogP contribution is -2.39. The Morgan fingerprint density at radius 3 is 2.79 bits per heavy atom. The predicted octanol–water partition coefficient (Wildman–Crippen LogP) is 2.47. The van der Waals surface area contributed by atoms with Crippen molar-refractivity contribution in [2.45, 2.75) is 19.8 Å². The highest BCUT2D eigenvalue weighted by Gasteiger charge is 2.28. The van der Waals surface area contributed by atoms with Crippen molar-refractivity contribution in [3.8, 4) is 0 Å². The Balaban J connectivity index is 1.97. The Hall–Kier alpha value is -1.26. The SMILES string of the molecule is CC1(CNC(=O)c2ccc(N)cc2Cl)CCOCC1. The van der Waals surface area contributed by atoms with E-state index in [9.17, 15) is 4.79 Å². The van der Waals surface area contributed by atoms with E-state index in [0.29, 0.717) is 22.8 Å². The van der Waals surface area contributed by atoms with Gasteiger partial charge < -0.3 is 15.8 Å². The van der Waals surface area contributed by atoms with E-state index in [2.05, 4.69) is 12.2 Å². The predicted molar refractivity (Wildman–Crippen MR) is 76.4 cm³/mol. The molecule has 1 aliphatic heterocycles. The zero-order valence-corrected chi connectivity index (χ0v) is 11.8. The zero-order valence-electron chi connectivity index (χ0n) is 11.0. The van der Waals surface area contributed by atoms with Crippen molar-refractivity contribution in [3.05, 3.63) is 28.8 Å². The highest BCUT2D eigenvalue weighted by molar-refractivity contribution is 6.34. The number of carbonyl (C=O) groups is 1. The number of carbonyl (C=O) groups excluding carboxylic acids is 1. The fourth-order valence-corrected chi connectivity index (χ4v) is 2.42. The number of halogens is 1. The van der Waals surface area contributed by atoms with Gasteiger partial charge in [0.1, 0.15) is 0 Å². The van der Waals surface area contributed by atoms with Crippen molar-refractivity contribution in [3.63, 3.8) is 0 Å². The molecule has 0 unspecified atom stereocenters. The molecule has 0 bridgehead atoms. The number of hydrogen-bond acceptors (Lipinski definition) is 3. The Labute approximate surface area is 118 Å². The van der Waals surface area contributed by atoms with Crippen molar-refractivity contribution in [1.29, 1.82) is 0 Å². The van der Waals surface area contributed by atoms with Crippen LogP contribution in [0.5, 0.6) is 0 Å². The lowest BCUT2D eigenvalue weighted by atomic mass is 9.82. The molecule has 0 atom stereocenters. The summed E-state index contributed by atoms with van der Waals surface area (Å²) in [5.74, 6) is -0.155. The molecule has 5 heteroatoms. The van der Waals surface area contributed by atoms with E-state index in [-0.39, 0.29) is 11.3 Å². The maximum atomic E-state index is 12.1. The molecular formula is C14H19ClN2O2. The van der Waals surface area contributed by atoms with Crippen LogP contribution in [0.25, 0.3) is 0 Å². The smallest absolute Gasteiger partial charge is 0.252 e. The Bertz CT molecular complexity index is 471. The van der Waals surface area contributed by atoms with Gasteiger partial charge in [-0.05, 0) is 36.5 Å². The van der Waals surface area contributed by atoms with E-state index in [4.69, 9.17) is 22.1 Å². The summed E-state index contributed by atoms with van der Waals surface area (Å²) < 4.78 is 5.34. The van der Waals surface area contributed by atoms with E-state index >= 15 is 0 Å². The van der Waals surface area contributed by atoms with Crippen LogP contribution in [0, 0.1) is 5.41 Å². The number of nitrogen functional groups attached to an aromatic ring is 1. The molecule has 0 saturated carbocycles. The number of ether oxygens (including phenoxy) is 1. The molecule has 0 spiro atoms. The van der Waals surface area contributed by atoms with E-state index in [1.54, 1.807) is 18.2 Å². The van der Waals surface area contributed by atoms with Crippen LogP contribution in [0.15, 0.2) is 18.2 Å². The second kappa shape index (κ2) is 5.80. The number of hydrogen-bond donors (Lipinski definition) is 2. The Kier molecular flexibility index (Phi) is 4.32. The van der Waals surface area contributed by atoms with Crippen molar-refractivity contribution in [2.24, 2.45) is 5.41 Å². The van der Waals surface area contributed by atoms with E-state index in [1.807, 2.05) is 0 Å². The van der Waals surface area contributed by atoms with Gasteiger partial charge in [0.15, 0.2) is 0 Å². The number of rotatable bonds is 3. The lowest BCUT2D eigenvalue weighted by Gasteiger charge is -2.33. The fourth-order valence-electron chi connectivity index (χ4n) is 2.15. The van der Waals surface area contributed by atoms with Crippen LogP contribution >= 0.6 is 11.6 Å². The molecule has 0 radical (unpaired) electrons. The van der Waals surface area contributed by atoms with Crippen molar-refractivity contribution >= 4 is 23.2 Å². The number of nitrogens with one attached hydrogen (secondary N) is 1. The van der Waals surface area contributed by atoms with Crippen LogP contribution in [0.2, 0.25) is 5.02 Å². The summed E-state index contributed by atoms with van der Waals surface area (Å²) in [6, 6.07) is 4.92. The molecule has 0 aliphatic carbocycles. The fraction of sp³-hybridized carbons (Fsp3) is 0.500. The minimum atomic E-state index is -0.155. The van der Waals surface area contributed by atoms with Gasteiger partial charge >= 0.3 is 0 Å². The van der Waals surface area contributed by atoms with Crippen molar-refractivity contribution in [1.82, 2.24) is 5.32 Å². The molecule has 1 aliphatic rings. The first-order chi connectivity index (χ1) is 9.00. The van der Waals surface area contributed by atoms with Gasteiger partial charge in [0.2, 0.25) is 0 Å². The number of nitrogens with two attached hydrogens (primary N) is 1. The maximum Gasteiger partial charge on any atom is 0.252 e. The Morgan fingerprint density at radius 2 is 2.16 bits per heavy atom. The first-order valence-corrected chi connectivity index (χ1v) is 6.79. The second-order valence-electron chi connectivity index (χ2n) is 5.34. The van der Waals surface area contributed by atoms with Gasteiger partial charge in [-0.15, -0.1) is 0 Å². The molecule has 0 aromatic heterocycles. The third-order valence-electron chi connectivity index (χ3n) is 3.61. The van der Waals surface area contributed by atoms with E-state index in [0.717, 1.165) is 26.1 Å². The molecule has 1 aromatic rings. The summed E-state index contributed by atoms with van der Waals surface area (Å²) in [6.45, 7) is 4.32. The molecule has 2 rings (SSSR count). The number of benzene rings is 1. The van der Waals surface area contributed by atoms with Crippen molar-refractivity contribution in [2.75, 3.05) is 25.5 Å². The molecule has 1 aromatic carbocycles. The molecule has 1 fully saturated rings. The topological polar surface area (TPSA) is 64.4 Å². The summed E-state index contributed by atoms with van der Waals surface area (Å²) in [4.78, 5) is 12.1.